The first-order valence-electron chi connectivity index (χ1n) is 8.37. The predicted molar refractivity (Wildman–Crippen MR) is 109 cm³/mol. The number of hydrogen-bond acceptors (Lipinski definition) is 3. The number of nitrogens with zero attached hydrogens (tertiary/aromatic N) is 1. The molecule has 1 aromatic carbocycles. The predicted octanol–water partition coefficient (Wildman–Crippen LogP) is 2.11. The van der Waals surface area contributed by atoms with Gasteiger partial charge in [0.25, 0.3) is 0 Å². The standard InChI is InChI=1S/C18H29N3O2.HI/c1-15-5-3-4-6-16(15)7-10-20-17(19-2)21-13-18(8-11-22)9-12-23-14-18;/h3-6,22H,7-14H2,1-2H3,(H2,19,20,21);1H. The number of aliphatic hydroxyl groups is 1. The zero-order valence-electron chi connectivity index (χ0n) is 14.7. The number of hydrogen-bond donors (Lipinski definition) is 3. The van der Waals surface area contributed by atoms with Crippen LogP contribution in [-0.4, -0.2) is 51.0 Å². The Morgan fingerprint density at radius 1 is 1.33 bits per heavy atom. The number of halogens is 1. The number of nitrogens with one attached hydrogen (secondary N) is 2. The Labute approximate surface area is 162 Å². The first-order chi connectivity index (χ1) is 11.2. The number of aliphatic imine (C=N–C) groups is 1. The largest absolute Gasteiger partial charge is 0.396 e. The van der Waals surface area contributed by atoms with Crippen molar-refractivity contribution in [2.24, 2.45) is 10.4 Å². The van der Waals surface area contributed by atoms with Crippen LogP contribution in [0.5, 0.6) is 0 Å². The zero-order chi connectivity index (χ0) is 16.5. The smallest absolute Gasteiger partial charge is 0.191 e. The highest BCUT2D eigenvalue weighted by atomic mass is 127. The van der Waals surface area contributed by atoms with Gasteiger partial charge in [0.2, 0.25) is 0 Å². The van der Waals surface area contributed by atoms with Crippen LogP contribution in [0.1, 0.15) is 24.0 Å². The molecule has 0 amide bonds. The fourth-order valence-corrected chi connectivity index (χ4v) is 3.01. The summed E-state index contributed by atoms with van der Waals surface area (Å²) < 4.78 is 5.52. The molecule has 0 saturated carbocycles. The van der Waals surface area contributed by atoms with E-state index in [-0.39, 0.29) is 36.0 Å². The third-order valence-corrected chi connectivity index (χ3v) is 4.63. The molecule has 0 bridgehead atoms. The third kappa shape index (κ3) is 6.22. The Bertz CT molecular complexity index is 517. The highest BCUT2D eigenvalue weighted by molar-refractivity contribution is 14.0. The molecule has 1 heterocycles. The van der Waals surface area contributed by atoms with Gasteiger partial charge in [-0.3, -0.25) is 4.99 Å². The SMILES string of the molecule is CN=C(NCCc1ccccc1C)NCC1(CCO)CCOC1.I. The van der Waals surface area contributed by atoms with Gasteiger partial charge in [-0.15, -0.1) is 24.0 Å². The Morgan fingerprint density at radius 2 is 2.12 bits per heavy atom. The van der Waals surface area contributed by atoms with Gasteiger partial charge in [0, 0.05) is 38.8 Å². The van der Waals surface area contributed by atoms with Gasteiger partial charge in [0.15, 0.2) is 5.96 Å². The monoisotopic (exact) mass is 447 g/mol. The van der Waals surface area contributed by atoms with E-state index in [1.807, 2.05) is 0 Å². The van der Waals surface area contributed by atoms with E-state index in [2.05, 4.69) is 46.8 Å². The number of aliphatic hydroxyl groups excluding tert-OH is 1. The van der Waals surface area contributed by atoms with E-state index in [1.165, 1.54) is 11.1 Å². The molecule has 1 aromatic rings. The van der Waals surface area contributed by atoms with Crippen LogP contribution < -0.4 is 10.6 Å². The average Bonchev–Trinajstić information content (AvgIpc) is 3.01. The lowest BCUT2D eigenvalue weighted by molar-refractivity contribution is 0.127. The van der Waals surface area contributed by atoms with E-state index in [0.29, 0.717) is 6.61 Å². The minimum Gasteiger partial charge on any atom is -0.396 e. The second-order valence-corrected chi connectivity index (χ2v) is 6.31. The normalized spacial score (nSPS) is 20.5. The van der Waals surface area contributed by atoms with Gasteiger partial charge < -0.3 is 20.5 Å². The maximum absolute atomic E-state index is 9.28. The van der Waals surface area contributed by atoms with Crippen molar-refractivity contribution in [3.8, 4) is 0 Å². The average molecular weight is 447 g/mol. The number of ether oxygens (including phenoxy) is 1. The molecule has 1 unspecified atom stereocenters. The number of aryl methyl sites for hydroxylation is 1. The maximum Gasteiger partial charge on any atom is 0.191 e. The van der Waals surface area contributed by atoms with E-state index in [1.54, 1.807) is 7.05 Å². The highest BCUT2D eigenvalue weighted by Gasteiger charge is 2.34. The van der Waals surface area contributed by atoms with Gasteiger partial charge in [0.1, 0.15) is 0 Å². The van der Waals surface area contributed by atoms with E-state index in [0.717, 1.165) is 44.9 Å². The molecule has 3 N–H and O–H groups in total. The minimum absolute atomic E-state index is 0. The van der Waals surface area contributed by atoms with Gasteiger partial charge in [-0.1, -0.05) is 24.3 Å². The molecule has 136 valence electrons. The van der Waals surface area contributed by atoms with Crippen LogP contribution in [-0.2, 0) is 11.2 Å². The molecule has 0 aliphatic carbocycles. The van der Waals surface area contributed by atoms with Crippen molar-refractivity contribution < 1.29 is 9.84 Å². The molecule has 24 heavy (non-hydrogen) atoms. The summed E-state index contributed by atoms with van der Waals surface area (Å²) in [6, 6.07) is 8.45. The number of benzene rings is 1. The van der Waals surface area contributed by atoms with Crippen LogP contribution in [0, 0.1) is 12.3 Å². The van der Waals surface area contributed by atoms with Crippen molar-refractivity contribution in [3.63, 3.8) is 0 Å². The molecule has 5 nitrogen and oxygen atoms in total. The van der Waals surface area contributed by atoms with E-state index < -0.39 is 0 Å². The lowest BCUT2D eigenvalue weighted by Gasteiger charge is -2.27. The summed E-state index contributed by atoms with van der Waals surface area (Å²) >= 11 is 0. The maximum atomic E-state index is 9.28. The lowest BCUT2D eigenvalue weighted by Crippen LogP contribution is -2.45. The van der Waals surface area contributed by atoms with E-state index in [4.69, 9.17) is 4.74 Å². The summed E-state index contributed by atoms with van der Waals surface area (Å²) in [5.41, 5.74) is 2.71. The molecular formula is C18H30IN3O2. The van der Waals surface area contributed by atoms with Gasteiger partial charge in [-0.2, -0.15) is 0 Å². The van der Waals surface area contributed by atoms with Crippen LogP contribution in [0.15, 0.2) is 29.3 Å². The molecule has 1 aliphatic heterocycles. The summed E-state index contributed by atoms with van der Waals surface area (Å²) in [6.07, 6.45) is 2.72. The van der Waals surface area contributed by atoms with Gasteiger partial charge >= 0.3 is 0 Å². The summed E-state index contributed by atoms with van der Waals surface area (Å²) in [6.45, 7) is 5.44. The summed E-state index contributed by atoms with van der Waals surface area (Å²) in [5, 5.41) is 16.0. The molecule has 0 spiro atoms. The summed E-state index contributed by atoms with van der Waals surface area (Å²) in [4.78, 5) is 4.28. The molecule has 1 aliphatic rings. The minimum atomic E-state index is 0. The molecule has 1 atom stereocenters. The van der Waals surface area contributed by atoms with Crippen molar-refractivity contribution >= 4 is 29.9 Å². The fraction of sp³-hybridized carbons (Fsp3) is 0.611. The van der Waals surface area contributed by atoms with Crippen LogP contribution >= 0.6 is 24.0 Å². The molecular weight excluding hydrogens is 417 g/mol. The molecule has 0 aromatic heterocycles. The van der Waals surface area contributed by atoms with Crippen molar-refractivity contribution in [2.45, 2.75) is 26.2 Å². The molecule has 2 rings (SSSR count). The second-order valence-electron chi connectivity index (χ2n) is 6.31. The molecule has 1 fully saturated rings. The zero-order valence-corrected chi connectivity index (χ0v) is 17.0. The lowest BCUT2D eigenvalue weighted by atomic mass is 9.84. The highest BCUT2D eigenvalue weighted by Crippen LogP contribution is 2.31. The summed E-state index contributed by atoms with van der Waals surface area (Å²) in [7, 11) is 1.78. The first kappa shape index (κ1) is 21.2. The topological polar surface area (TPSA) is 65.9 Å². The first-order valence-corrected chi connectivity index (χ1v) is 8.37. The third-order valence-electron chi connectivity index (χ3n) is 4.63. The van der Waals surface area contributed by atoms with Crippen molar-refractivity contribution in [3.05, 3.63) is 35.4 Å². The molecule has 1 saturated heterocycles. The van der Waals surface area contributed by atoms with Gasteiger partial charge in [0.05, 0.1) is 6.61 Å². The van der Waals surface area contributed by atoms with Crippen LogP contribution in [0.3, 0.4) is 0 Å². The van der Waals surface area contributed by atoms with E-state index >= 15 is 0 Å². The van der Waals surface area contributed by atoms with Crippen LogP contribution in [0.2, 0.25) is 0 Å². The number of guanidine groups is 1. The number of rotatable bonds is 7. The van der Waals surface area contributed by atoms with Gasteiger partial charge in [-0.25, -0.2) is 0 Å². The molecule has 6 heteroatoms. The summed E-state index contributed by atoms with van der Waals surface area (Å²) in [5.74, 6) is 0.808. The quantitative estimate of drug-likeness (QED) is 0.341. The Balaban J connectivity index is 0.00000288. The second kappa shape index (κ2) is 10.9. The van der Waals surface area contributed by atoms with Crippen molar-refractivity contribution in [2.75, 3.05) is 40.0 Å². The van der Waals surface area contributed by atoms with Crippen molar-refractivity contribution in [1.82, 2.24) is 10.6 Å². The molecule has 0 radical (unpaired) electrons. The fourth-order valence-electron chi connectivity index (χ4n) is 3.01. The Morgan fingerprint density at radius 3 is 2.75 bits per heavy atom. The Kier molecular flexibility index (Phi) is 9.61. The van der Waals surface area contributed by atoms with Crippen LogP contribution in [0.25, 0.3) is 0 Å². The van der Waals surface area contributed by atoms with Crippen LogP contribution in [0.4, 0.5) is 0 Å². The van der Waals surface area contributed by atoms with E-state index in [9.17, 15) is 5.11 Å². The van der Waals surface area contributed by atoms with Crippen molar-refractivity contribution in [1.29, 1.82) is 0 Å². The van der Waals surface area contributed by atoms with Gasteiger partial charge in [-0.05, 0) is 37.3 Å². The Hall–Kier alpha value is -0.860.